The lowest BCUT2D eigenvalue weighted by molar-refractivity contribution is -0.0582. The maximum absolute atomic E-state index is 5.92. The molecule has 0 radical (unpaired) electrons. The number of hydrogen-bond donors (Lipinski definition) is 0. The van der Waals surface area contributed by atoms with Crippen LogP contribution < -0.4 is 0 Å². The van der Waals surface area contributed by atoms with E-state index < -0.39 is 0 Å². The van der Waals surface area contributed by atoms with E-state index in [0.29, 0.717) is 11.5 Å². The maximum Gasteiger partial charge on any atom is 0.0756 e. The third-order valence-electron chi connectivity index (χ3n) is 3.88. The van der Waals surface area contributed by atoms with Gasteiger partial charge in [0, 0.05) is 0 Å². The van der Waals surface area contributed by atoms with E-state index >= 15 is 0 Å². The number of hydrogen-bond acceptors (Lipinski definition) is 1. The van der Waals surface area contributed by atoms with Gasteiger partial charge in [0.2, 0.25) is 0 Å². The van der Waals surface area contributed by atoms with Crippen LogP contribution in [0.4, 0.5) is 0 Å². The second-order valence-electron chi connectivity index (χ2n) is 4.97. The summed E-state index contributed by atoms with van der Waals surface area (Å²) in [6.07, 6.45) is 14.5. The van der Waals surface area contributed by atoms with Gasteiger partial charge in [0.25, 0.3) is 0 Å². The fourth-order valence-electron chi connectivity index (χ4n) is 2.95. The van der Waals surface area contributed by atoms with Gasteiger partial charge in [0.1, 0.15) is 0 Å². The predicted molar refractivity (Wildman–Crippen MR) is 59.3 cm³/mol. The van der Waals surface area contributed by atoms with Gasteiger partial charge in [-0.15, -0.1) is 0 Å². The van der Waals surface area contributed by atoms with Gasteiger partial charge in [0.15, 0.2) is 0 Å². The monoisotopic (exact) mass is 194 g/mol. The molecule has 2 fully saturated rings. The first-order valence-electron chi connectivity index (χ1n) is 6.09. The molecule has 0 aromatic rings. The molecular weight excluding hydrogens is 172 g/mol. The van der Waals surface area contributed by atoms with E-state index in [1.807, 2.05) is 0 Å². The minimum absolute atomic E-state index is 0.410. The van der Waals surface area contributed by atoms with Crippen molar-refractivity contribution in [3.8, 4) is 0 Å². The Morgan fingerprint density at radius 1 is 1.14 bits per heavy atom. The van der Waals surface area contributed by atoms with E-state index in [4.69, 9.17) is 4.74 Å². The first-order chi connectivity index (χ1) is 6.85. The lowest BCUT2D eigenvalue weighted by atomic mass is 9.70. The minimum atomic E-state index is 0.410. The van der Waals surface area contributed by atoms with Crippen LogP contribution in [0, 0.1) is 5.41 Å². The molecule has 1 heteroatoms. The molecule has 1 spiro atoms. The number of allylic oxidation sites excluding steroid dienone is 1. The van der Waals surface area contributed by atoms with E-state index in [9.17, 15) is 0 Å². The Morgan fingerprint density at radius 3 is 2.50 bits per heavy atom. The summed E-state index contributed by atoms with van der Waals surface area (Å²) in [5.41, 5.74) is 0.580. The number of ether oxygens (including phenoxy) is 1. The van der Waals surface area contributed by atoms with Gasteiger partial charge in [-0.05, 0) is 38.0 Å². The summed E-state index contributed by atoms with van der Waals surface area (Å²) < 4.78 is 5.92. The molecule has 1 unspecified atom stereocenters. The van der Waals surface area contributed by atoms with Crippen LogP contribution in [0.2, 0.25) is 0 Å². The van der Waals surface area contributed by atoms with E-state index in [0.717, 1.165) is 6.61 Å². The van der Waals surface area contributed by atoms with Crippen LogP contribution in [0.25, 0.3) is 0 Å². The van der Waals surface area contributed by atoms with Crippen LogP contribution in [0.3, 0.4) is 0 Å². The zero-order chi connectivity index (χ0) is 9.86. The SMILES string of the molecule is C/C=C/C1CCC2(CCCCC2)CO1. The van der Waals surface area contributed by atoms with E-state index in [2.05, 4.69) is 19.1 Å². The highest BCUT2D eigenvalue weighted by Gasteiger charge is 2.36. The highest BCUT2D eigenvalue weighted by Crippen LogP contribution is 2.43. The van der Waals surface area contributed by atoms with Crippen molar-refractivity contribution in [1.82, 2.24) is 0 Å². The molecule has 14 heavy (non-hydrogen) atoms. The molecule has 0 amide bonds. The molecule has 1 saturated heterocycles. The third kappa shape index (κ3) is 2.20. The quantitative estimate of drug-likeness (QED) is 0.578. The van der Waals surface area contributed by atoms with E-state index in [1.54, 1.807) is 0 Å². The Labute approximate surface area is 87.5 Å². The molecular formula is C13H22O. The van der Waals surface area contributed by atoms with Crippen molar-refractivity contribution in [2.45, 2.75) is 58.0 Å². The van der Waals surface area contributed by atoms with Crippen LogP contribution in [-0.4, -0.2) is 12.7 Å². The molecule has 0 bridgehead atoms. The molecule has 1 saturated carbocycles. The summed E-state index contributed by atoms with van der Waals surface area (Å²) in [4.78, 5) is 0. The molecule has 2 aliphatic rings. The van der Waals surface area contributed by atoms with Crippen molar-refractivity contribution < 1.29 is 4.74 Å². The first kappa shape index (κ1) is 10.2. The van der Waals surface area contributed by atoms with E-state index in [1.165, 1.54) is 44.9 Å². The fourth-order valence-corrected chi connectivity index (χ4v) is 2.95. The highest BCUT2D eigenvalue weighted by molar-refractivity contribution is 4.94. The van der Waals surface area contributed by atoms with Crippen LogP contribution in [0.5, 0.6) is 0 Å². The van der Waals surface area contributed by atoms with Gasteiger partial charge >= 0.3 is 0 Å². The molecule has 0 N–H and O–H groups in total. The third-order valence-corrected chi connectivity index (χ3v) is 3.88. The van der Waals surface area contributed by atoms with Crippen molar-refractivity contribution in [2.24, 2.45) is 5.41 Å². The average molecular weight is 194 g/mol. The molecule has 2 rings (SSSR count). The van der Waals surface area contributed by atoms with Crippen LogP contribution in [0.15, 0.2) is 12.2 Å². The number of rotatable bonds is 1. The van der Waals surface area contributed by atoms with Gasteiger partial charge in [-0.3, -0.25) is 0 Å². The Morgan fingerprint density at radius 2 is 1.93 bits per heavy atom. The largest absolute Gasteiger partial charge is 0.374 e. The molecule has 1 atom stereocenters. The maximum atomic E-state index is 5.92. The van der Waals surface area contributed by atoms with Gasteiger partial charge < -0.3 is 4.74 Å². The Hall–Kier alpha value is -0.300. The molecule has 1 aliphatic carbocycles. The van der Waals surface area contributed by atoms with Crippen LogP contribution >= 0.6 is 0 Å². The standard InChI is InChI=1S/C13H22O/c1-2-6-12-7-10-13(11-14-12)8-4-3-5-9-13/h2,6,12H,3-5,7-11H2,1H3/b6-2+. The Bertz CT molecular complexity index is 191. The Kier molecular flexibility index (Phi) is 3.27. The molecule has 0 aromatic heterocycles. The van der Waals surface area contributed by atoms with Gasteiger partial charge in [-0.2, -0.15) is 0 Å². The normalized spacial score (nSPS) is 32.5. The minimum Gasteiger partial charge on any atom is -0.374 e. The lowest BCUT2D eigenvalue weighted by Gasteiger charge is -2.42. The van der Waals surface area contributed by atoms with Crippen molar-refractivity contribution in [1.29, 1.82) is 0 Å². The summed E-state index contributed by atoms with van der Waals surface area (Å²) in [6, 6.07) is 0. The molecule has 1 nitrogen and oxygen atoms in total. The summed E-state index contributed by atoms with van der Waals surface area (Å²) in [5.74, 6) is 0. The fraction of sp³-hybridized carbons (Fsp3) is 0.846. The van der Waals surface area contributed by atoms with Crippen molar-refractivity contribution in [3.63, 3.8) is 0 Å². The average Bonchev–Trinajstić information content (AvgIpc) is 2.24. The van der Waals surface area contributed by atoms with Crippen molar-refractivity contribution in [2.75, 3.05) is 6.61 Å². The second-order valence-corrected chi connectivity index (χ2v) is 4.97. The summed E-state index contributed by atoms with van der Waals surface area (Å²) >= 11 is 0. The topological polar surface area (TPSA) is 9.23 Å². The first-order valence-corrected chi connectivity index (χ1v) is 6.09. The molecule has 0 aromatic carbocycles. The second kappa shape index (κ2) is 4.48. The summed E-state index contributed by atoms with van der Waals surface area (Å²) in [7, 11) is 0. The smallest absolute Gasteiger partial charge is 0.0756 e. The molecule has 1 heterocycles. The van der Waals surface area contributed by atoms with Gasteiger partial charge in [0.05, 0.1) is 12.7 Å². The van der Waals surface area contributed by atoms with Crippen molar-refractivity contribution in [3.05, 3.63) is 12.2 Å². The van der Waals surface area contributed by atoms with Crippen LogP contribution in [-0.2, 0) is 4.74 Å². The summed E-state index contributed by atoms with van der Waals surface area (Å²) in [5, 5.41) is 0. The zero-order valence-corrected chi connectivity index (χ0v) is 9.30. The van der Waals surface area contributed by atoms with Crippen molar-refractivity contribution >= 4 is 0 Å². The van der Waals surface area contributed by atoms with E-state index in [-0.39, 0.29) is 0 Å². The summed E-state index contributed by atoms with van der Waals surface area (Å²) in [6.45, 7) is 3.09. The molecule has 1 aliphatic heterocycles. The van der Waals surface area contributed by atoms with Gasteiger partial charge in [-0.1, -0.05) is 31.4 Å². The zero-order valence-electron chi connectivity index (χ0n) is 9.30. The lowest BCUT2D eigenvalue weighted by Crippen LogP contribution is -2.36. The van der Waals surface area contributed by atoms with Gasteiger partial charge in [-0.25, -0.2) is 0 Å². The highest BCUT2D eigenvalue weighted by atomic mass is 16.5. The Balaban J connectivity index is 1.87. The molecule has 80 valence electrons. The van der Waals surface area contributed by atoms with Crippen LogP contribution in [0.1, 0.15) is 51.9 Å². The predicted octanol–water partition coefficient (Wildman–Crippen LogP) is 3.69.